The molecule has 0 aromatic carbocycles. The molecule has 0 aromatic rings. The van der Waals surface area contributed by atoms with Crippen molar-refractivity contribution < 1.29 is 33.2 Å². The van der Waals surface area contributed by atoms with E-state index in [-0.39, 0.29) is 0 Å². The average molecular weight is 328 g/mol. The molecule has 1 fully saturated rings. The van der Waals surface area contributed by atoms with Crippen molar-refractivity contribution in [3.63, 3.8) is 0 Å². The molecule has 5 unspecified atom stereocenters. The maximum absolute atomic E-state index is 12.5. The molecule has 4 N–H and O–H groups in total. The van der Waals surface area contributed by atoms with Crippen LogP contribution in [0.4, 0.5) is 13.2 Å². The Morgan fingerprint density at radius 2 is 2.10 bits per heavy atom. The summed E-state index contributed by atoms with van der Waals surface area (Å²) in [4.78, 5) is 4.06. The van der Waals surface area contributed by atoms with Crippen molar-refractivity contribution in [3.8, 4) is 0 Å². The number of hydrogen-bond acceptors (Lipinski definition) is 7. The third-order valence-electron chi connectivity index (χ3n) is 3.14. The van der Waals surface area contributed by atoms with Gasteiger partial charge in [-0.15, -0.1) is 6.58 Å². The van der Waals surface area contributed by atoms with Crippen LogP contribution in [0.5, 0.6) is 0 Å². The van der Waals surface area contributed by atoms with E-state index < -0.39 is 42.1 Å². The Hall–Kier alpha value is -0.810. The maximum Gasteiger partial charge on any atom is 0.417 e. The van der Waals surface area contributed by atoms with Crippen LogP contribution in [0.15, 0.2) is 17.6 Å². The summed E-state index contributed by atoms with van der Waals surface area (Å²) in [6.45, 7) is 3.88. The topological polar surface area (TPSA) is 94.3 Å². The number of amidine groups is 1. The number of aliphatic imine (C=N–C) groups is 1. The predicted molar refractivity (Wildman–Crippen MR) is 69.8 cm³/mol. The van der Waals surface area contributed by atoms with E-state index in [4.69, 9.17) is 4.74 Å². The highest BCUT2D eigenvalue weighted by Gasteiger charge is 2.55. The molecule has 10 heteroatoms. The number of hydrogen-bond donors (Lipinski definition) is 4. The minimum absolute atomic E-state index is 0.373. The third-order valence-corrected chi connectivity index (χ3v) is 4.24. The third kappa shape index (κ3) is 3.34. The molecule has 120 valence electrons. The van der Waals surface area contributed by atoms with E-state index in [1.54, 1.807) is 6.08 Å². The van der Waals surface area contributed by atoms with Gasteiger partial charge in [-0.2, -0.15) is 13.2 Å². The molecule has 2 heterocycles. The van der Waals surface area contributed by atoms with Gasteiger partial charge in [-0.3, -0.25) is 4.99 Å². The lowest BCUT2D eigenvalue weighted by atomic mass is 9.94. The van der Waals surface area contributed by atoms with Crippen molar-refractivity contribution in [2.45, 2.75) is 42.1 Å². The van der Waals surface area contributed by atoms with Crippen LogP contribution < -0.4 is 5.32 Å². The smallest absolute Gasteiger partial charge is 0.388 e. The van der Waals surface area contributed by atoms with Gasteiger partial charge < -0.3 is 25.4 Å². The van der Waals surface area contributed by atoms with E-state index in [0.29, 0.717) is 11.7 Å². The van der Waals surface area contributed by atoms with Crippen LogP contribution in [0.1, 0.15) is 0 Å². The molecule has 0 aromatic heterocycles. The number of rotatable bonds is 3. The summed E-state index contributed by atoms with van der Waals surface area (Å²) in [5, 5.41) is 32.1. The Morgan fingerprint density at radius 1 is 1.43 bits per heavy atom. The van der Waals surface area contributed by atoms with E-state index in [1.807, 2.05) is 0 Å². The Bertz CT molecular complexity index is 434. The largest absolute Gasteiger partial charge is 0.417 e. The van der Waals surface area contributed by atoms with Crippen molar-refractivity contribution >= 4 is 16.9 Å². The molecule has 0 amide bonds. The van der Waals surface area contributed by atoms with Gasteiger partial charge in [0.05, 0.1) is 0 Å². The Labute approximate surface area is 122 Å². The first kappa shape index (κ1) is 16.6. The number of halogens is 3. The molecular weight excluding hydrogens is 313 g/mol. The standard InChI is InChI=1S/C11H15F3N2O4S/c1-2-3-15-10-16-4-5(17)6(18)7(20-9(4)21-10)8(19)11(12,13)14/h2,4-9,17-19H,1,3H2,(H,15,16)/t4?,5?,6?,7?,8-,9?/m0/s1. The summed E-state index contributed by atoms with van der Waals surface area (Å²) in [6, 6.07) is -0.894. The lowest BCUT2D eigenvalue weighted by Crippen LogP contribution is -2.60. The fraction of sp³-hybridized carbons (Fsp3) is 0.727. The highest BCUT2D eigenvalue weighted by molar-refractivity contribution is 8.14. The van der Waals surface area contributed by atoms with Gasteiger partial charge in [-0.25, -0.2) is 0 Å². The zero-order valence-corrected chi connectivity index (χ0v) is 11.5. The Kier molecular flexibility index (Phi) is 4.83. The first-order valence-electron chi connectivity index (χ1n) is 6.11. The zero-order chi connectivity index (χ0) is 15.8. The molecule has 2 rings (SSSR count). The van der Waals surface area contributed by atoms with Crippen LogP contribution in [0.2, 0.25) is 0 Å². The van der Waals surface area contributed by atoms with Gasteiger partial charge in [0, 0.05) is 6.54 Å². The summed E-state index contributed by atoms with van der Waals surface area (Å²) < 4.78 is 42.7. The molecule has 2 aliphatic heterocycles. The number of aliphatic hydroxyl groups is 3. The molecule has 1 saturated heterocycles. The molecule has 0 saturated carbocycles. The summed E-state index contributed by atoms with van der Waals surface area (Å²) in [6.07, 6.45) is -11.7. The summed E-state index contributed by atoms with van der Waals surface area (Å²) >= 11 is 0.991. The van der Waals surface area contributed by atoms with Gasteiger partial charge in [0.1, 0.15) is 29.8 Å². The van der Waals surface area contributed by atoms with E-state index in [2.05, 4.69) is 16.9 Å². The minimum Gasteiger partial charge on any atom is -0.388 e. The lowest BCUT2D eigenvalue weighted by Gasteiger charge is -2.40. The number of alkyl halides is 3. The predicted octanol–water partition coefficient (Wildman–Crippen LogP) is -0.397. The van der Waals surface area contributed by atoms with Gasteiger partial charge >= 0.3 is 6.18 Å². The molecule has 0 spiro atoms. The highest BCUT2D eigenvalue weighted by Crippen LogP contribution is 2.38. The maximum atomic E-state index is 12.5. The number of nitrogens with zero attached hydrogens (tertiary/aromatic N) is 1. The second-order valence-corrected chi connectivity index (χ2v) is 5.74. The second-order valence-electron chi connectivity index (χ2n) is 4.65. The van der Waals surface area contributed by atoms with Gasteiger partial charge in [0.15, 0.2) is 11.3 Å². The molecule has 21 heavy (non-hydrogen) atoms. The number of fused-ring (bicyclic) bond motifs is 1. The number of aliphatic hydroxyl groups excluding tert-OH is 3. The van der Waals surface area contributed by atoms with E-state index >= 15 is 0 Å². The quantitative estimate of drug-likeness (QED) is 0.527. The Balaban J connectivity index is 2.10. The molecular formula is C11H15F3N2O4S. The van der Waals surface area contributed by atoms with Crippen LogP contribution >= 0.6 is 11.8 Å². The molecule has 6 atom stereocenters. The van der Waals surface area contributed by atoms with E-state index in [9.17, 15) is 28.5 Å². The van der Waals surface area contributed by atoms with Crippen molar-refractivity contribution in [3.05, 3.63) is 12.7 Å². The van der Waals surface area contributed by atoms with Crippen molar-refractivity contribution in [2.24, 2.45) is 4.99 Å². The fourth-order valence-corrected chi connectivity index (χ4v) is 3.19. The SMILES string of the molecule is C=CCNC1=NC2C(OC([C@H](O)C(F)(F)F)C(O)C2O)S1. The lowest BCUT2D eigenvalue weighted by molar-refractivity contribution is -0.271. The molecule has 0 bridgehead atoms. The van der Waals surface area contributed by atoms with Crippen molar-refractivity contribution in [1.82, 2.24) is 5.32 Å². The summed E-state index contributed by atoms with van der Waals surface area (Å²) in [7, 11) is 0. The molecule has 0 radical (unpaired) electrons. The van der Waals surface area contributed by atoms with Gasteiger partial charge in [0.25, 0.3) is 0 Å². The van der Waals surface area contributed by atoms with Gasteiger partial charge in [-0.05, 0) is 0 Å². The zero-order valence-electron chi connectivity index (χ0n) is 10.7. The van der Waals surface area contributed by atoms with Crippen LogP contribution in [0.3, 0.4) is 0 Å². The van der Waals surface area contributed by atoms with Gasteiger partial charge in [-0.1, -0.05) is 17.8 Å². The van der Waals surface area contributed by atoms with Crippen LogP contribution in [0, 0.1) is 0 Å². The van der Waals surface area contributed by atoms with Gasteiger partial charge in [0.2, 0.25) is 0 Å². The average Bonchev–Trinajstić information content (AvgIpc) is 2.82. The van der Waals surface area contributed by atoms with Crippen LogP contribution in [-0.2, 0) is 4.74 Å². The fourth-order valence-electron chi connectivity index (χ4n) is 2.08. The van der Waals surface area contributed by atoms with Crippen LogP contribution in [-0.4, -0.2) is 69.1 Å². The van der Waals surface area contributed by atoms with Crippen LogP contribution in [0.25, 0.3) is 0 Å². The number of ether oxygens (including phenoxy) is 1. The summed E-state index contributed by atoms with van der Waals surface area (Å²) in [5.41, 5.74) is -0.905. The molecule has 0 aliphatic carbocycles. The minimum atomic E-state index is -4.95. The molecule has 2 aliphatic rings. The first-order chi connectivity index (χ1) is 9.75. The second kappa shape index (κ2) is 6.13. The Morgan fingerprint density at radius 3 is 2.67 bits per heavy atom. The first-order valence-corrected chi connectivity index (χ1v) is 6.99. The monoisotopic (exact) mass is 328 g/mol. The van der Waals surface area contributed by atoms with E-state index in [1.165, 1.54) is 0 Å². The van der Waals surface area contributed by atoms with E-state index in [0.717, 1.165) is 11.8 Å². The molecule has 6 nitrogen and oxygen atoms in total. The normalized spacial score (nSPS) is 37.6. The summed E-state index contributed by atoms with van der Waals surface area (Å²) in [5.74, 6) is 0. The number of thioether (sulfide) groups is 1. The van der Waals surface area contributed by atoms with Crippen molar-refractivity contribution in [1.29, 1.82) is 0 Å². The number of nitrogens with one attached hydrogen (secondary N) is 1. The highest BCUT2D eigenvalue weighted by atomic mass is 32.2. The van der Waals surface area contributed by atoms with Crippen molar-refractivity contribution in [2.75, 3.05) is 6.54 Å².